The maximum absolute atomic E-state index is 10.3. The van der Waals surface area contributed by atoms with Gasteiger partial charge in [-0.2, -0.15) is 0 Å². The van der Waals surface area contributed by atoms with Gasteiger partial charge >= 0.3 is 29.6 Å². The molecule has 0 aliphatic rings. The first kappa shape index (κ1) is 11.8. The monoisotopic (exact) mass is 139 g/mol. The molecule has 0 aromatic rings. The molecule has 4 heteroatoms. The van der Waals surface area contributed by atoms with E-state index >= 15 is 0 Å². The quantitative estimate of drug-likeness (QED) is 0.264. The number of aliphatic hydroxyl groups is 1. The van der Waals surface area contributed by atoms with Gasteiger partial charge in [0.05, 0.1) is 7.11 Å². The van der Waals surface area contributed by atoms with Crippen LogP contribution in [-0.2, 0) is 9.53 Å². The van der Waals surface area contributed by atoms with Gasteiger partial charge in [-0.05, 0) is 0 Å². The van der Waals surface area contributed by atoms with Crippen LogP contribution in [0.4, 0.5) is 0 Å². The second-order valence-electron chi connectivity index (χ2n) is 1.25. The fourth-order valence-electron chi connectivity index (χ4n) is 0.287. The van der Waals surface area contributed by atoms with Crippen LogP contribution in [0.25, 0.3) is 0 Å². The maximum Gasteiger partial charge on any atom is 1.00 e. The molecule has 0 heterocycles. The Balaban J connectivity index is 0. The number of methoxy groups -OCH3 is 1. The Morgan fingerprint density at radius 3 is 2.11 bits per heavy atom. The molecule has 0 aliphatic carbocycles. The molecule has 0 rings (SSSR count). The summed E-state index contributed by atoms with van der Waals surface area (Å²) >= 11 is 0. The second-order valence-corrected chi connectivity index (χ2v) is 1.25. The Hall–Kier alpha value is 0.0100. The molecule has 0 fully saturated rings. The molecule has 0 aromatic carbocycles. The van der Waals surface area contributed by atoms with E-state index in [9.17, 15) is 4.79 Å². The number of ketones is 1. The molecule has 0 aromatic heterocycles. The SMILES string of the molecule is CO/C(=C\O)C(C)=O.[Na+]. The number of ether oxygens (including phenoxy) is 1. The van der Waals surface area contributed by atoms with Crippen LogP contribution < -0.4 is 29.6 Å². The van der Waals surface area contributed by atoms with Crippen LogP contribution in [0.3, 0.4) is 0 Å². The average molecular weight is 139 g/mol. The summed E-state index contributed by atoms with van der Waals surface area (Å²) in [6.45, 7) is 1.31. The molecule has 0 unspecified atom stereocenters. The fourth-order valence-corrected chi connectivity index (χ4v) is 0.287. The minimum absolute atomic E-state index is 0. The van der Waals surface area contributed by atoms with Gasteiger partial charge in [0.2, 0.25) is 0 Å². The van der Waals surface area contributed by atoms with Crippen LogP contribution in [0.2, 0.25) is 0 Å². The molecule has 3 nitrogen and oxygen atoms in total. The van der Waals surface area contributed by atoms with Crippen LogP contribution in [-0.4, -0.2) is 18.0 Å². The van der Waals surface area contributed by atoms with Crippen molar-refractivity contribution in [3.05, 3.63) is 12.0 Å². The van der Waals surface area contributed by atoms with Crippen molar-refractivity contribution >= 4 is 5.78 Å². The summed E-state index contributed by atoms with van der Waals surface area (Å²) in [5.74, 6) is -0.306. The van der Waals surface area contributed by atoms with E-state index in [0.717, 1.165) is 0 Å². The molecule has 9 heavy (non-hydrogen) atoms. The summed E-state index contributed by atoms with van der Waals surface area (Å²) < 4.78 is 4.42. The van der Waals surface area contributed by atoms with E-state index in [-0.39, 0.29) is 41.1 Å². The smallest absolute Gasteiger partial charge is 0.512 e. The van der Waals surface area contributed by atoms with Crippen molar-refractivity contribution in [1.29, 1.82) is 0 Å². The third kappa shape index (κ3) is 4.51. The van der Waals surface area contributed by atoms with Crippen molar-refractivity contribution in [2.24, 2.45) is 0 Å². The predicted octanol–water partition coefficient (Wildman–Crippen LogP) is -2.37. The van der Waals surface area contributed by atoms with Gasteiger partial charge in [-0.3, -0.25) is 4.79 Å². The zero-order valence-electron chi connectivity index (χ0n) is 5.84. The van der Waals surface area contributed by atoms with E-state index in [4.69, 9.17) is 5.11 Å². The summed E-state index contributed by atoms with van der Waals surface area (Å²) in [6.07, 6.45) is 0.641. The molecule has 0 atom stereocenters. The van der Waals surface area contributed by atoms with E-state index in [2.05, 4.69) is 4.74 Å². The average Bonchev–Trinajstić information content (AvgIpc) is 1.69. The van der Waals surface area contributed by atoms with E-state index in [1.807, 2.05) is 0 Å². The number of carbonyl (C=O) groups is 1. The Morgan fingerprint density at radius 1 is 1.67 bits per heavy atom. The van der Waals surface area contributed by atoms with E-state index in [1.165, 1.54) is 14.0 Å². The molecular formula is C5H8NaO3+. The molecule has 0 spiro atoms. The molecule has 0 saturated heterocycles. The topological polar surface area (TPSA) is 46.5 Å². The number of aliphatic hydroxyl groups excluding tert-OH is 1. The molecular weight excluding hydrogens is 131 g/mol. The summed E-state index contributed by atoms with van der Waals surface area (Å²) in [7, 11) is 1.32. The first-order valence-electron chi connectivity index (χ1n) is 2.11. The van der Waals surface area contributed by atoms with Gasteiger partial charge < -0.3 is 9.84 Å². The van der Waals surface area contributed by atoms with Gasteiger partial charge in [0.1, 0.15) is 6.26 Å². The third-order valence-electron chi connectivity index (χ3n) is 0.684. The van der Waals surface area contributed by atoms with Gasteiger partial charge in [-0.15, -0.1) is 0 Å². The first-order valence-corrected chi connectivity index (χ1v) is 2.11. The number of rotatable bonds is 2. The van der Waals surface area contributed by atoms with E-state index in [1.54, 1.807) is 0 Å². The summed E-state index contributed by atoms with van der Waals surface area (Å²) in [5, 5.41) is 8.19. The predicted molar refractivity (Wildman–Crippen MR) is 28.4 cm³/mol. The standard InChI is InChI=1S/C5H8O3.Na/c1-4(7)5(3-6)8-2;/h3,6H,1-2H3;/q;+1/b5-3-;. The van der Waals surface area contributed by atoms with Crippen molar-refractivity contribution in [3.8, 4) is 0 Å². The van der Waals surface area contributed by atoms with Gasteiger partial charge in [0, 0.05) is 6.92 Å². The molecule has 0 radical (unpaired) electrons. The Labute approximate surface area is 76.0 Å². The van der Waals surface area contributed by atoms with E-state index < -0.39 is 0 Å². The van der Waals surface area contributed by atoms with Gasteiger partial charge in [0.15, 0.2) is 11.5 Å². The van der Waals surface area contributed by atoms with Crippen molar-refractivity contribution in [3.63, 3.8) is 0 Å². The minimum Gasteiger partial charge on any atom is -0.512 e. The molecule has 0 bridgehead atoms. The second kappa shape index (κ2) is 6.13. The number of hydrogen-bond acceptors (Lipinski definition) is 3. The largest absolute Gasteiger partial charge is 1.00 e. The van der Waals surface area contributed by atoms with Crippen LogP contribution >= 0.6 is 0 Å². The van der Waals surface area contributed by atoms with E-state index in [0.29, 0.717) is 6.26 Å². The van der Waals surface area contributed by atoms with Crippen LogP contribution in [0, 0.1) is 0 Å². The number of Topliss-reactive ketones (excluding diaryl/α,β-unsaturated/α-hetero) is 1. The molecule has 1 N–H and O–H groups in total. The van der Waals surface area contributed by atoms with Crippen molar-refractivity contribution in [1.82, 2.24) is 0 Å². The molecule has 0 aliphatic heterocycles. The van der Waals surface area contributed by atoms with Crippen LogP contribution in [0.15, 0.2) is 12.0 Å². The molecule has 46 valence electrons. The molecule has 0 amide bonds. The maximum atomic E-state index is 10.3. The van der Waals surface area contributed by atoms with Gasteiger partial charge in [-0.25, -0.2) is 0 Å². The fraction of sp³-hybridized carbons (Fsp3) is 0.400. The van der Waals surface area contributed by atoms with Gasteiger partial charge in [-0.1, -0.05) is 0 Å². The van der Waals surface area contributed by atoms with Crippen molar-refractivity contribution < 1.29 is 44.2 Å². The number of allylic oxidation sites excluding steroid dienone is 1. The summed E-state index contributed by atoms with van der Waals surface area (Å²) in [5.41, 5.74) is 0. The van der Waals surface area contributed by atoms with Crippen molar-refractivity contribution in [2.45, 2.75) is 6.92 Å². The first-order chi connectivity index (χ1) is 3.72. The Morgan fingerprint density at radius 2 is 2.11 bits per heavy atom. The Kier molecular flexibility index (Phi) is 8.02. The third-order valence-corrected chi connectivity index (χ3v) is 0.684. The van der Waals surface area contributed by atoms with Crippen LogP contribution in [0.5, 0.6) is 0 Å². The Bertz CT molecular complexity index is 119. The summed E-state index contributed by atoms with van der Waals surface area (Å²) in [6, 6.07) is 0. The summed E-state index contributed by atoms with van der Waals surface area (Å²) in [4.78, 5) is 10.3. The minimum atomic E-state index is -0.282. The number of hydrogen-bond donors (Lipinski definition) is 1. The van der Waals surface area contributed by atoms with Gasteiger partial charge in [0.25, 0.3) is 0 Å². The number of carbonyl (C=O) groups excluding carboxylic acids is 1. The zero-order chi connectivity index (χ0) is 6.57. The zero-order valence-corrected chi connectivity index (χ0v) is 7.84. The van der Waals surface area contributed by atoms with Crippen molar-refractivity contribution in [2.75, 3.05) is 7.11 Å². The molecule has 0 saturated carbocycles. The van der Waals surface area contributed by atoms with Crippen LogP contribution in [0.1, 0.15) is 6.92 Å². The normalized spacial score (nSPS) is 9.78.